The van der Waals surface area contributed by atoms with Gasteiger partial charge in [0.25, 0.3) is 5.91 Å². The second kappa shape index (κ2) is 9.77. The molecule has 0 spiro atoms. The molecule has 0 unspecified atom stereocenters. The van der Waals surface area contributed by atoms with E-state index in [4.69, 9.17) is 9.57 Å². The topological polar surface area (TPSA) is 68.2 Å². The molecule has 1 amide bonds. The van der Waals surface area contributed by atoms with Crippen LogP contribution in [0.25, 0.3) is 11.1 Å². The second-order valence-electron chi connectivity index (χ2n) is 8.17. The number of ether oxygens (including phenoxy) is 1. The average molecular weight is 421 g/mol. The summed E-state index contributed by atoms with van der Waals surface area (Å²) in [4.78, 5) is 32.4. The largest absolute Gasteiger partial charge is 0.462 e. The molecule has 1 atom stereocenters. The smallest absolute Gasteiger partial charge is 0.308 e. The molecule has 1 saturated carbocycles. The van der Waals surface area contributed by atoms with Crippen LogP contribution in [0.2, 0.25) is 0 Å². The minimum atomic E-state index is -0.274. The summed E-state index contributed by atoms with van der Waals surface area (Å²) in [6.07, 6.45) is 4.79. The monoisotopic (exact) mass is 420 g/mol. The van der Waals surface area contributed by atoms with Crippen LogP contribution in [-0.2, 0) is 14.4 Å². The number of oxime groups is 1. The Hall–Kier alpha value is -3.15. The second-order valence-corrected chi connectivity index (χ2v) is 8.17. The van der Waals surface area contributed by atoms with E-state index in [1.807, 2.05) is 54.6 Å². The lowest BCUT2D eigenvalue weighted by Crippen LogP contribution is -2.37. The molecule has 1 saturated heterocycles. The summed E-state index contributed by atoms with van der Waals surface area (Å²) < 4.78 is 5.62. The summed E-state index contributed by atoms with van der Waals surface area (Å²) in [5.74, 6) is -0.354. The Morgan fingerprint density at radius 2 is 1.68 bits per heavy atom. The SMILES string of the molecule is CO/N=C1\C[C@@H](CC(=O)OC2CCCC2)N(C(=O)c2ccc(-c3ccccc3)cc2)C1. The van der Waals surface area contributed by atoms with Crippen molar-refractivity contribution in [1.29, 1.82) is 0 Å². The van der Waals surface area contributed by atoms with Crippen molar-refractivity contribution < 1.29 is 19.2 Å². The summed E-state index contributed by atoms with van der Waals surface area (Å²) in [6.45, 7) is 0.356. The van der Waals surface area contributed by atoms with E-state index in [0.29, 0.717) is 18.5 Å². The lowest BCUT2D eigenvalue weighted by atomic mass is 10.0. The van der Waals surface area contributed by atoms with Gasteiger partial charge in [-0.25, -0.2) is 0 Å². The van der Waals surface area contributed by atoms with Crippen LogP contribution in [0.15, 0.2) is 59.8 Å². The van der Waals surface area contributed by atoms with Crippen LogP contribution >= 0.6 is 0 Å². The van der Waals surface area contributed by atoms with Crippen LogP contribution in [0.1, 0.15) is 48.9 Å². The predicted octanol–water partition coefficient (Wildman–Crippen LogP) is 4.45. The molecule has 1 heterocycles. The molecule has 6 heteroatoms. The zero-order valence-electron chi connectivity index (χ0n) is 17.8. The van der Waals surface area contributed by atoms with Gasteiger partial charge in [0, 0.05) is 18.0 Å². The fourth-order valence-corrected chi connectivity index (χ4v) is 4.42. The highest BCUT2D eigenvalue weighted by molar-refractivity contribution is 6.01. The minimum absolute atomic E-state index is 0.0238. The summed E-state index contributed by atoms with van der Waals surface area (Å²) >= 11 is 0. The Balaban J connectivity index is 1.47. The number of carbonyl (C=O) groups excluding carboxylic acids is 2. The van der Waals surface area contributed by atoms with Crippen molar-refractivity contribution in [2.45, 2.75) is 50.7 Å². The molecule has 0 aromatic heterocycles. The van der Waals surface area contributed by atoms with Crippen molar-refractivity contribution in [3.8, 4) is 11.1 Å². The average Bonchev–Trinajstić information content (AvgIpc) is 3.44. The molecular weight excluding hydrogens is 392 g/mol. The third kappa shape index (κ3) is 5.13. The van der Waals surface area contributed by atoms with Crippen LogP contribution in [0, 0.1) is 0 Å². The maximum atomic E-state index is 13.3. The number of likely N-dealkylation sites (tertiary alicyclic amines) is 1. The van der Waals surface area contributed by atoms with Gasteiger partial charge in [0.1, 0.15) is 13.2 Å². The number of hydrogen-bond donors (Lipinski definition) is 0. The molecule has 162 valence electrons. The van der Waals surface area contributed by atoms with Crippen LogP contribution in [0.4, 0.5) is 0 Å². The van der Waals surface area contributed by atoms with Crippen LogP contribution < -0.4 is 0 Å². The van der Waals surface area contributed by atoms with E-state index < -0.39 is 0 Å². The van der Waals surface area contributed by atoms with Crippen molar-refractivity contribution in [3.63, 3.8) is 0 Å². The van der Waals surface area contributed by atoms with Gasteiger partial charge in [-0.15, -0.1) is 0 Å². The Kier molecular flexibility index (Phi) is 6.65. The predicted molar refractivity (Wildman–Crippen MR) is 119 cm³/mol. The highest BCUT2D eigenvalue weighted by Crippen LogP contribution is 2.26. The first kappa shape index (κ1) is 21.1. The number of nitrogens with zero attached hydrogens (tertiary/aromatic N) is 2. The van der Waals surface area contributed by atoms with Crippen LogP contribution in [-0.4, -0.2) is 48.3 Å². The van der Waals surface area contributed by atoms with Crippen molar-refractivity contribution in [1.82, 2.24) is 4.90 Å². The Morgan fingerprint density at radius 1 is 1.00 bits per heavy atom. The minimum Gasteiger partial charge on any atom is -0.462 e. The van der Waals surface area contributed by atoms with Gasteiger partial charge in [0.15, 0.2) is 0 Å². The number of esters is 1. The zero-order chi connectivity index (χ0) is 21.6. The van der Waals surface area contributed by atoms with Crippen molar-refractivity contribution in [2.24, 2.45) is 5.16 Å². The first-order chi connectivity index (χ1) is 15.1. The fourth-order valence-electron chi connectivity index (χ4n) is 4.42. The van der Waals surface area contributed by atoms with E-state index in [-0.39, 0.29) is 30.4 Å². The van der Waals surface area contributed by atoms with Crippen molar-refractivity contribution in [2.75, 3.05) is 13.7 Å². The molecule has 1 aliphatic carbocycles. The molecule has 2 fully saturated rings. The van der Waals surface area contributed by atoms with Gasteiger partial charge in [0.2, 0.25) is 0 Å². The maximum absolute atomic E-state index is 13.3. The molecule has 1 aliphatic heterocycles. The maximum Gasteiger partial charge on any atom is 0.308 e. The number of rotatable bonds is 6. The third-order valence-corrected chi connectivity index (χ3v) is 5.99. The lowest BCUT2D eigenvalue weighted by Gasteiger charge is -2.24. The molecule has 31 heavy (non-hydrogen) atoms. The Morgan fingerprint density at radius 3 is 2.35 bits per heavy atom. The molecule has 2 aromatic rings. The third-order valence-electron chi connectivity index (χ3n) is 5.99. The van der Waals surface area contributed by atoms with Crippen molar-refractivity contribution in [3.05, 3.63) is 60.2 Å². The lowest BCUT2D eigenvalue weighted by molar-refractivity contribution is -0.149. The highest BCUT2D eigenvalue weighted by atomic mass is 16.6. The van der Waals surface area contributed by atoms with Gasteiger partial charge in [-0.1, -0.05) is 47.6 Å². The van der Waals surface area contributed by atoms with E-state index >= 15 is 0 Å². The van der Waals surface area contributed by atoms with E-state index in [2.05, 4.69) is 5.16 Å². The molecule has 2 aliphatic rings. The summed E-state index contributed by atoms with van der Waals surface area (Å²) in [7, 11) is 1.49. The van der Waals surface area contributed by atoms with Crippen LogP contribution in [0.5, 0.6) is 0 Å². The Bertz CT molecular complexity index is 934. The van der Waals surface area contributed by atoms with Gasteiger partial charge in [-0.3, -0.25) is 9.59 Å². The molecule has 0 radical (unpaired) electrons. The highest BCUT2D eigenvalue weighted by Gasteiger charge is 2.36. The first-order valence-corrected chi connectivity index (χ1v) is 10.9. The molecule has 0 bridgehead atoms. The van der Waals surface area contributed by atoms with Gasteiger partial charge in [-0.2, -0.15) is 0 Å². The summed E-state index contributed by atoms with van der Waals surface area (Å²) in [5, 5.41) is 4.04. The summed E-state index contributed by atoms with van der Waals surface area (Å²) in [6, 6.07) is 17.3. The van der Waals surface area contributed by atoms with Gasteiger partial charge in [0.05, 0.1) is 18.7 Å². The van der Waals surface area contributed by atoms with Crippen molar-refractivity contribution >= 4 is 17.6 Å². The number of benzene rings is 2. The molecule has 4 rings (SSSR count). The van der Waals surface area contributed by atoms with Crippen LogP contribution in [0.3, 0.4) is 0 Å². The molecule has 2 aromatic carbocycles. The molecule has 0 N–H and O–H groups in total. The van der Waals surface area contributed by atoms with E-state index in [1.54, 1.807) is 4.90 Å². The number of carbonyl (C=O) groups is 2. The number of amides is 1. The molecule has 6 nitrogen and oxygen atoms in total. The first-order valence-electron chi connectivity index (χ1n) is 10.9. The zero-order valence-corrected chi connectivity index (χ0v) is 17.8. The van der Waals surface area contributed by atoms with E-state index in [0.717, 1.165) is 42.5 Å². The normalized spacial score (nSPS) is 20.2. The van der Waals surface area contributed by atoms with Gasteiger partial charge >= 0.3 is 5.97 Å². The quantitative estimate of drug-likeness (QED) is 0.512. The number of hydrogen-bond acceptors (Lipinski definition) is 5. The van der Waals surface area contributed by atoms with E-state index in [9.17, 15) is 9.59 Å². The molecular formula is C25H28N2O4. The standard InChI is InChI=1S/C25H28N2O4/c1-30-26-21-15-22(16-24(28)31-23-9-5-6-10-23)27(17-21)25(29)20-13-11-19(12-14-20)18-7-3-2-4-8-18/h2-4,7-8,11-14,22-23H,5-6,9-10,15-17H2,1H3/b26-21+/t22-/m0/s1. The summed E-state index contributed by atoms with van der Waals surface area (Å²) in [5.41, 5.74) is 3.50. The van der Waals surface area contributed by atoms with Gasteiger partial charge in [-0.05, 0) is 48.9 Å². The fraction of sp³-hybridized carbons (Fsp3) is 0.400. The van der Waals surface area contributed by atoms with Gasteiger partial charge < -0.3 is 14.5 Å². The Labute approximate surface area is 182 Å². The van der Waals surface area contributed by atoms with E-state index in [1.165, 1.54) is 7.11 Å².